The van der Waals surface area contributed by atoms with Gasteiger partial charge in [0.05, 0.1) is 10.0 Å². The molecule has 88 valence electrons. The SMILES string of the molecule is CNCCC1CC(c2ccc(Cl)c(Cl)c2)C1. The molecule has 0 radical (unpaired) electrons. The Morgan fingerprint density at radius 3 is 2.62 bits per heavy atom. The van der Waals surface area contributed by atoms with E-state index in [2.05, 4.69) is 11.4 Å². The summed E-state index contributed by atoms with van der Waals surface area (Å²) >= 11 is 11.9. The fourth-order valence-corrected chi connectivity index (χ4v) is 2.66. The molecule has 0 unspecified atom stereocenters. The average molecular weight is 258 g/mol. The summed E-state index contributed by atoms with van der Waals surface area (Å²) in [6.45, 7) is 1.12. The minimum absolute atomic E-state index is 0.650. The smallest absolute Gasteiger partial charge is 0.0595 e. The van der Waals surface area contributed by atoms with E-state index in [0.717, 1.165) is 12.5 Å². The molecule has 1 aliphatic rings. The maximum atomic E-state index is 6.02. The summed E-state index contributed by atoms with van der Waals surface area (Å²) in [5.74, 6) is 1.57. The zero-order chi connectivity index (χ0) is 11.5. The number of nitrogens with one attached hydrogen (secondary N) is 1. The minimum atomic E-state index is 0.650. The highest BCUT2D eigenvalue weighted by molar-refractivity contribution is 6.42. The van der Waals surface area contributed by atoms with Crippen molar-refractivity contribution >= 4 is 23.2 Å². The van der Waals surface area contributed by atoms with Gasteiger partial charge in [0, 0.05) is 0 Å². The molecule has 1 aliphatic carbocycles. The number of halogens is 2. The van der Waals surface area contributed by atoms with Crippen molar-refractivity contribution in [1.29, 1.82) is 0 Å². The van der Waals surface area contributed by atoms with Crippen LogP contribution in [0.25, 0.3) is 0 Å². The summed E-state index contributed by atoms with van der Waals surface area (Å²) < 4.78 is 0. The van der Waals surface area contributed by atoms with Gasteiger partial charge in [0.15, 0.2) is 0 Å². The first-order chi connectivity index (χ1) is 7.70. The Hall–Kier alpha value is -0.240. The van der Waals surface area contributed by atoms with Crippen LogP contribution in [0.2, 0.25) is 10.0 Å². The molecule has 1 aromatic carbocycles. The van der Waals surface area contributed by atoms with Gasteiger partial charge >= 0.3 is 0 Å². The maximum absolute atomic E-state index is 6.02. The quantitative estimate of drug-likeness (QED) is 0.857. The first-order valence-electron chi connectivity index (χ1n) is 5.80. The van der Waals surface area contributed by atoms with Crippen LogP contribution < -0.4 is 5.32 Å². The van der Waals surface area contributed by atoms with E-state index in [4.69, 9.17) is 23.2 Å². The van der Waals surface area contributed by atoms with Gasteiger partial charge in [0.25, 0.3) is 0 Å². The Morgan fingerprint density at radius 2 is 2.00 bits per heavy atom. The monoisotopic (exact) mass is 257 g/mol. The predicted octanol–water partition coefficient (Wildman–Crippen LogP) is 4.10. The average Bonchev–Trinajstić information content (AvgIpc) is 2.21. The predicted molar refractivity (Wildman–Crippen MR) is 70.5 cm³/mol. The lowest BCUT2D eigenvalue weighted by Crippen LogP contribution is -2.25. The van der Waals surface area contributed by atoms with Gasteiger partial charge in [-0.15, -0.1) is 0 Å². The largest absolute Gasteiger partial charge is 0.320 e. The molecule has 1 fully saturated rings. The molecule has 0 saturated heterocycles. The molecule has 0 spiro atoms. The van der Waals surface area contributed by atoms with Gasteiger partial charge in [-0.3, -0.25) is 0 Å². The molecule has 0 atom stereocenters. The van der Waals surface area contributed by atoms with Crippen molar-refractivity contribution in [3.05, 3.63) is 33.8 Å². The molecular formula is C13H17Cl2N. The molecule has 0 aliphatic heterocycles. The Morgan fingerprint density at radius 1 is 1.25 bits per heavy atom. The summed E-state index contributed by atoms with van der Waals surface area (Å²) in [4.78, 5) is 0. The van der Waals surface area contributed by atoms with E-state index in [1.165, 1.54) is 24.8 Å². The van der Waals surface area contributed by atoms with Gasteiger partial charge in [0.2, 0.25) is 0 Å². The molecule has 0 amide bonds. The van der Waals surface area contributed by atoms with Crippen molar-refractivity contribution in [3.8, 4) is 0 Å². The molecule has 2 rings (SSSR count). The van der Waals surface area contributed by atoms with Crippen molar-refractivity contribution in [2.75, 3.05) is 13.6 Å². The zero-order valence-corrected chi connectivity index (χ0v) is 11.0. The van der Waals surface area contributed by atoms with Crippen LogP contribution in [-0.2, 0) is 0 Å². The van der Waals surface area contributed by atoms with Crippen LogP contribution >= 0.6 is 23.2 Å². The van der Waals surface area contributed by atoms with Gasteiger partial charge in [-0.2, -0.15) is 0 Å². The lowest BCUT2D eigenvalue weighted by molar-refractivity contribution is 0.247. The van der Waals surface area contributed by atoms with Gasteiger partial charge in [0.1, 0.15) is 0 Å². The highest BCUT2D eigenvalue weighted by Gasteiger charge is 2.29. The molecule has 0 bridgehead atoms. The molecule has 1 N–H and O–H groups in total. The van der Waals surface area contributed by atoms with Crippen molar-refractivity contribution < 1.29 is 0 Å². The van der Waals surface area contributed by atoms with Gasteiger partial charge in [-0.05, 0) is 62.4 Å². The zero-order valence-electron chi connectivity index (χ0n) is 9.47. The van der Waals surface area contributed by atoms with E-state index in [0.29, 0.717) is 16.0 Å². The highest BCUT2D eigenvalue weighted by Crippen LogP contribution is 2.44. The van der Waals surface area contributed by atoms with Crippen LogP contribution in [0.1, 0.15) is 30.7 Å². The van der Waals surface area contributed by atoms with E-state index >= 15 is 0 Å². The molecule has 1 aromatic rings. The first kappa shape index (κ1) is 12.2. The number of benzene rings is 1. The third-order valence-electron chi connectivity index (χ3n) is 3.45. The highest BCUT2D eigenvalue weighted by atomic mass is 35.5. The second-order valence-electron chi connectivity index (χ2n) is 4.60. The van der Waals surface area contributed by atoms with Crippen molar-refractivity contribution in [2.24, 2.45) is 5.92 Å². The fraction of sp³-hybridized carbons (Fsp3) is 0.538. The summed E-state index contributed by atoms with van der Waals surface area (Å²) in [7, 11) is 2.01. The topological polar surface area (TPSA) is 12.0 Å². The van der Waals surface area contributed by atoms with Gasteiger partial charge < -0.3 is 5.32 Å². The second kappa shape index (κ2) is 5.39. The molecule has 1 saturated carbocycles. The lowest BCUT2D eigenvalue weighted by atomic mass is 9.70. The van der Waals surface area contributed by atoms with Crippen LogP contribution in [0.3, 0.4) is 0 Å². The Bertz CT molecular complexity index is 359. The van der Waals surface area contributed by atoms with E-state index in [-0.39, 0.29) is 0 Å². The summed E-state index contributed by atoms with van der Waals surface area (Å²) in [6, 6.07) is 6.02. The van der Waals surface area contributed by atoms with Crippen LogP contribution in [0, 0.1) is 5.92 Å². The molecule has 16 heavy (non-hydrogen) atoms. The van der Waals surface area contributed by atoms with Crippen LogP contribution in [0.4, 0.5) is 0 Å². The normalized spacial score (nSPS) is 24.2. The second-order valence-corrected chi connectivity index (χ2v) is 5.41. The number of hydrogen-bond donors (Lipinski definition) is 1. The van der Waals surface area contributed by atoms with Crippen LogP contribution in [0.5, 0.6) is 0 Å². The third-order valence-corrected chi connectivity index (χ3v) is 4.19. The van der Waals surface area contributed by atoms with Crippen LogP contribution in [-0.4, -0.2) is 13.6 Å². The standard InChI is InChI=1S/C13H17Cl2N/c1-16-5-4-9-6-11(7-9)10-2-3-12(14)13(15)8-10/h2-3,8-9,11,16H,4-7H2,1H3. The van der Waals surface area contributed by atoms with Crippen molar-refractivity contribution in [1.82, 2.24) is 5.32 Å². The summed E-state index contributed by atoms with van der Waals surface area (Å²) in [5.41, 5.74) is 1.34. The Balaban J connectivity index is 1.89. The molecule has 1 nitrogen and oxygen atoms in total. The van der Waals surface area contributed by atoms with Crippen molar-refractivity contribution in [2.45, 2.75) is 25.2 Å². The number of rotatable bonds is 4. The van der Waals surface area contributed by atoms with E-state index < -0.39 is 0 Å². The van der Waals surface area contributed by atoms with Crippen molar-refractivity contribution in [3.63, 3.8) is 0 Å². The van der Waals surface area contributed by atoms with E-state index in [9.17, 15) is 0 Å². The van der Waals surface area contributed by atoms with Gasteiger partial charge in [-0.1, -0.05) is 29.3 Å². The van der Waals surface area contributed by atoms with E-state index in [1.807, 2.05) is 19.2 Å². The third kappa shape index (κ3) is 2.71. The Kier molecular flexibility index (Phi) is 4.12. The molecule has 0 aromatic heterocycles. The van der Waals surface area contributed by atoms with Crippen LogP contribution in [0.15, 0.2) is 18.2 Å². The first-order valence-corrected chi connectivity index (χ1v) is 6.56. The Labute approximate surface area is 107 Å². The summed E-state index contributed by atoms with van der Waals surface area (Å²) in [5, 5.41) is 4.53. The molecule has 0 heterocycles. The molecule has 3 heteroatoms. The lowest BCUT2D eigenvalue weighted by Gasteiger charge is -2.36. The maximum Gasteiger partial charge on any atom is 0.0595 e. The summed E-state index contributed by atoms with van der Waals surface area (Å²) in [6.07, 6.45) is 3.87. The molecular weight excluding hydrogens is 241 g/mol. The fourth-order valence-electron chi connectivity index (χ4n) is 2.36. The number of hydrogen-bond acceptors (Lipinski definition) is 1. The van der Waals surface area contributed by atoms with E-state index in [1.54, 1.807) is 0 Å². The minimum Gasteiger partial charge on any atom is -0.320 e. The van der Waals surface area contributed by atoms with Gasteiger partial charge in [-0.25, -0.2) is 0 Å².